The number of hydrogen-bond acceptors (Lipinski definition) is 4. The number of rotatable bonds is 7. The summed E-state index contributed by atoms with van der Waals surface area (Å²) in [4.78, 5) is 23.9. The SMILES string of the molecule is CC(=O)NC(C(=O)Nc1ccc(S(=O)(=O)N(C)C2CCCCC2)cc1)C(C)C. The molecule has 2 N–H and O–H groups in total. The molecule has 1 saturated carbocycles. The van der Waals surface area contributed by atoms with Crippen LogP contribution in [-0.4, -0.2) is 43.7 Å². The number of amides is 2. The van der Waals surface area contributed by atoms with Crippen LogP contribution in [0.3, 0.4) is 0 Å². The van der Waals surface area contributed by atoms with Gasteiger partial charge in [0.25, 0.3) is 0 Å². The summed E-state index contributed by atoms with van der Waals surface area (Å²) in [6.07, 6.45) is 5.06. The number of carbonyl (C=O) groups excluding carboxylic acids is 2. The first kappa shape index (κ1) is 22.4. The fraction of sp³-hybridized carbons (Fsp3) is 0.600. The molecule has 0 spiro atoms. The maximum absolute atomic E-state index is 12.9. The topological polar surface area (TPSA) is 95.6 Å². The number of hydrogen-bond donors (Lipinski definition) is 2. The molecule has 0 radical (unpaired) electrons. The van der Waals surface area contributed by atoms with E-state index in [0.29, 0.717) is 5.69 Å². The summed E-state index contributed by atoms with van der Waals surface area (Å²) >= 11 is 0. The van der Waals surface area contributed by atoms with Crippen molar-refractivity contribution in [2.24, 2.45) is 5.92 Å². The summed E-state index contributed by atoms with van der Waals surface area (Å²) in [6.45, 7) is 5.05. The molecular weight excluding hydrogens is 378 g/mol. The molecule has 0 bridgehead atoms. The van der Waals surface area contributed by atoms with Crippen LogP contribution in [0.5, 0.6) is 0 Å². The van der Waals surface area contributed by atoms with E-state index in [0.717, 1.165) is 32.1 Å². The van der Waals surface area contributed by atoms with Crippen LogP contribution in [0, 0.1) is 5.92 Å². The predicted molar refractivity (Wildman–Crippen MR) is 109 cm³/mol. The molecule has 156 valence electrons. The van der Waals surface area contributed by atoms with Crippen LogP contribution in [-0.2, 0) is 19.6 Å². The van der Waals surface area contributed by atoms with E-state index in [1.54, 1.807) is 19.2 Å². The average molecular weight is 410 g/mol. The molecular formula is C20H31N3O4S. The third-order valence-electron chi connectivity index (χ3n) is 5.20. The Labute approximate surface area is 167 Å². The van der Waals surface area contributed by atoms with Crippen LogP contribution in [0.1, 0.15) is 52.9 Å². The van der Waals surface area contributed by atoms with Crippen molar-refractivity contribution in [3.8, 4) is 0 Å². The van der Waals surface area contributed by atoms with E-state index in [9.17, 15) is 18.0 Å². The highest BCUT2D eigenvalue weighted by Crippen LogP contribution is 2.27. The second-order valence-electron chi connectivity index (χ2n) is 7.75. The average Bonchev–Trinajstić information content (AvgIpc) is 2.66. The van der Waals surface area contributed by atoms with Gasteiger partial charge in [0.2, 0.25) is 21.8 Å². The number of carbonyl (C=O) groups is 2. The van der Waals surface area contributed by atoms with Gasteiger partial charge in [-0.1, -0.05) is 33.1 Å². The van der Waals surface area contributed by atoms with E-state index in [2.05, 4.69) is 10.6 Å². The van der Waals surface area contributed by atoms with Gasteiger partial charge in [-0.05, 0) is 43.0 Å². The van der Waals surface area contributed by atoms with Crippen molar-refractivity contribution >= 4 is 27.5 Å². The number of benzene rings is 1. The summed E-state index contributed by atoms with van der Waals surface area (Å²) in [5, 5.41) is 5.37. The Kier molecular flexibility index (Phi) is 7.60. The molecule has 1 aliphatic carbocycles. The van der Waals surface area contributed by atoms with Crippen molar-refractivity contribution in [1.82, 2.24) is 9.62 Å². The van der Waals surface area contributed by atoms with Crippen molar-refractivity contribution in [3.05, 3.63) is 24.3 Å². The van der Waals surface area contributed by atoms with Gasteiger partial charge in [-0.2, -0.15) is 4.31 Å². The van der Waals surface area contributed by atoms with Crippen molar-refractivity contribution in [2.75, 3.05) is 12.4 Å². The Balaban J connectivity index is 2.09. The molecule has 1 fully saturated rings. The van der Waals surface area contributed by atoms with Crippen molar-refractivity contribution < 1.29 is 18.0 Å². The molecule has 0 aromatic heterocycles. The minimum absolute atomic E-state index is 0.0441. The Morgan fingerprint density at radius 3 is 2.14 bits per heavy atom. The fourth-order valence-corrected chi connectivity index (χ4v) is 4.91. The van der Waals surface area contributed by atoms with Crippen LogP contribution in [0.25, 0.3) is 0 Å². The first-order valence-electron chi connectivity index (χ1n) is 9.79. The van der Waals surface area contributed by atoms with Crippen LogP contribution < -0.4 is 10.6 Å². The third kappa shape index (κ3) is 5.54. The van der Waals surface area contributed by atoms with E-state index in [1.165, 1.54) is 23.4 Å². The van der Waals surface area contributed by atoms with E-state index in [4.69, 9.17) is 0 Å². The number of anilines is 1. The molecule has 1 aromatic rings. The molecule has 7 nitrogen and oxygen atoms in total. The fourth-order valence-electron chi connectivity index (χ4n) is 3.49. The predicted octanol–water partition coefficient (Wildman–Crippen LogP) is 2.74. The van der Waals surface area contributed by atoms with Crippen LogP contribution in [0.2, 0.25) is 0 Å². The lowest BCUT2D eigenvalue weighted by molar-refractivity contribution is -0.126. The highest BCUT2D eigenvalue weighted by atomic mass is 32.2. The quantitative estimate of drug-likeness (QED) is 0.724. The normalized spacial score (nSPS) is 16.8. The molecule has 0 heterocycles. The maximum atomic E-state index is 12.9. The minimum atomic E-state index is -3.57. The molecule has 1 unspecified atom stereocenters. The summed E-state index contributed by atoms with van der Waals surface area (Å²) in [5.74, 6) is -0.686. The summed E-state index contributed by atoms with van der Waals surface area (Å²) in [7, 11) is -1.93. The summed E-state index contributed by atoms with van der Waals surface area (Å²) in [5.41, 5.74) is 0.486. The second-order valence-corrected chi connectivity index (χ2v) is 9.75. The zero-order valence-corrected chi connectivity index (χ0v) is 17.9. The molecule has 0 saturated heterocycles. The van der Waals surface area contributed by atoms with Gasteiger partial charge in [0.05, 0.1) is 4.90 Å². The summed E-state index contributed by atoms with van der Waals surface area (Å²) < 4.78 is 27.2. The largest absolute Gasteiger partial charge is 0.344 e. The zero-order chi connectivity index (χ0) is 20.9. The lowest BCUT2D eigenvalue weighted by atomic mass is 9.96. The standard InChI is InChI=1S/C20H31N3O4S/c1-14(2)19(21-15(3)24)20(25)22-16-10-12-18(13-11-16)28(26,27)23(4)17-8-6-5-7-9-17/h10-14,17,19H,5-9H2,1-4H3,(H,21,24)(H,22,25). The van der Waals surface area contributed by atoms with Gasteiger partial charge >= 0.3 is 0 Å². The smallest absolute Gasteiger partial charge is 0.247 e. The van der Waals surface area contributed by atoms with Gasteiger partial charge < -0.3 is 10.6 Å². The Hall–Kier alpha value is -1.93. The number of nitrogens with zero attached hydrogens (tertiary/aromatic N) is 1. The van der Waals surface area contributed by atoms with E-state index in [-0.39, 0.29) is 28.7 Å². The van der Waals surface area contributed by atoms with Gasteiger partial charge in [-0.15, -0.1) is 0 Å². The summed E-state index contributed by atoms with van der Waals surface area (Å²) in [6, 6.07) is 5.55. The van der Waals surface area contributed by atoms with Crippen molar-refractivity contribution in [2.45, 2.75) is 69.9 Å². The second kappa shape index (κ2) is 9.52. The van der Waals surface area contributed by atoms with E-state index in [1.807, 2.05) is 13.8 Å². The molecule has 0 aliphatic heterocycles. The monoisotopic (exact) mass is 409 g/mol. The Morgan fingerprint density at radius 2 is 1.64 bits per heavy atom. The first-order valence-corrected chi connectivity index (χ1v) is 11.2. The Bertz CT molecular complexity index is 784. The molecule has 2 rings (SSSR count). The molecule has 28 heavy (non-hydrogen) atoms. The van der Waals surface area contributed by atoms with Crippen LogP contribution in [0.15, 0.2) is 29.2 Å². The minimum Gasteiger partial charge on any atom is -0.344 e. The van der Waals surface area contributed by atoms with Gasteiger partial charge in [0.1, 0.15) is 6.04 Å². The zero-order valence-electron chi connectivity index (χ0n) is 17.1. The van der Waals surface area contributed by atoms with Crippen molar-refractivity contribution in [3.63, 3.8) is 0 Å². The highest BCUT2D eigenvalue weighted by Gasteiger charge is 2.29. The number of sulfonamides is 1. The Morgan fingerprint density at radius 1 is 1.07 bits per heavy atom. The molecule has 2 amide bonds. The van der Waals surface area contributed by atoms with E-state index >= 15 is 0 Å². The lowest BCUT2D eigenvalue weighted by Gasteiger charge is -2.30. The molecule has 8 heteroatoms. The van der Waals surface area contributed by atoms with Crippen LogP contribution in [0.4, 0.5) is 5.69 Å². The molecule has 1 atom stereocenters. The van der Waals surface area contributed by atoms with Gasteiger partial charge in [-0.25, -0.2) is 8.42 Å². The van der Waals surface area contributed by atoms with Crippen LogP contribution >= 0.6 is 0 Å². The van der Waals surface area contributed by atoms with Gasteiger partial charge in [0, 0.05) is 25.7 Å². The lowest BCUT2D eigenvalue weighted by Crippen LogP contribution is -2.46. The first-order chi connectivity index (χ1) is 13.1. The molecule has 1 aliphatic rings. The third-order valence-corrected chi connectivity index (χ3v) is 7.12. The van der Waals surface area contributed by atoms with Gasteiger partial charge in [0.15, 0.2) is 0 Å². The van der Waals surface area contributed by atoms with E-state index < -0.39 is 16.1 Å². The highest BCUT2D eigenvalue weighted by molar-refractivity contribution is 7.89. The van der Waals surface area contributed by atoms with Crippen molar-refractivity contribution in [1.29, 1.82) is 0 Å². The van der Waals surface area contributed by atoms with Gasteiger partial charge in [-0.3, -0.25) is 9.59 Å². The molecule has 1 aromatic carbocycles. The maximum Gasteiger partial charge on any atom is 0.247 e. The number of nitrogens with one attached hydrogen (secondary N) is 2.